The fraction of sp³-hybridized carbons (Fsp3) is 0.778. The van der Waals surface area contributed by atoms with Crippen molar-refractivity contribution in [1.29, 1.82) is 0 Å². The molecule has 6 nitrogen and oxygen atoms in total. The number of likely N-dealkylation sites (tertiary alicyclic amines) is 1. The number of hydrogen-bond acceptors (Lipinski definition) is 6. The van der Waals surface area contributed by atoms with Crippen LogP contribution in [0.15, 0.2) is 11.6 Å². The SMILES string of the molecule is O=C(C1[C@H]2COC[C@@H]12)N1CCC2(CC1)CN(Cc1nccs1)CCO2. The first-order valence-electron chi connectivity index (χ1n) is 9.35. The topological polar surface area (TPSA) is 54.9 Å². The molecule has 3 atom stereocenters. The maximum atomic E-state index is 12.7. The van der Waals surface area contributed by atoms with Crippen LogP contribution in [0.3, 0.4) is 0 Å². The lowest BCUT2D eigenvalue weighted by atomic mass is 9.89. The molecule has 5 rings (SSSR count). The molecule has 0 aromatic carbocycles. The molecule has 0 N–H and O–H groups in total. The number of carbonyl (C=O) groups is 1. The highest BCUT2D eigenvalue weighted by atomic mass is 32.1. The molecule has 4 fully saturated rings. The van der Waals surface area contributed by atoms with Crippen LogP contribution in [0.25, 0.3) is 0 Å². The standard InChI is InChI=1S/C18H25N3O3S/c22-17(16-13-10-23-11-14(13)16)21-4-1-18(2-5-21)12-20(6-7-24-18)9-15-19-3-8-25-15/h3,8,13-14,16H,1-2,4-7,9-12H2/t13-,14+,16?. The molecule has 4 aliphatic rings. The van der Waals surface area contributed by atoms with Crippen molar-refractivity contribution >= 4 is 17.2 Å². The van der Waals surface area contributed by atoms with Crippen molar-refractivity contribution < 1.29 is 14.3 Å². The predicted molar refractivity (Wildman–Crippen MR) is 93.2 cm³/mol. The van der Waals surface area contributed by atoms with Crippen LogP contribution in [0.1, 0.15) is 17.8 Å². The Morgan fingerprint density at radius 3 is 2.80 bits per heavy atom. The Bertz CT molecular complexity index is 620. The average molecular weight is 363 g/mol. The van der Waals surface area contributed by atoms with Crippen LogP contribution in [-0.2, 0) is 20.8 Å². The molecule has 1 saturated carbocycles. The number of thiazole rings is 1. The van der Waals surface area contributed by atoms with Crippen molar-refractivity contribution in [3.8, 4) is 0 Å². The summed E-state index contributed by atoms with van der Waals surface area (Å²) < 4.78 is 11.6. The zero-order chi connectivity index (χ0) is 16.9. The number of ether oxygens (including phenoxy) is 2. The Kier molecular flexibility index (Phi) is 4.08. The highest BCUT2D eigenvalue weighted by molar-refractivity contribution is 7.09. The number of nitrogens with zero attached hydrogens (tertiary/aromatic N) is 3. The number of carbonyl (C=O) groups excluding carboxylic acids is 1. The zero-order valence-electron chi connectivity index (χ0n) is 14.4. The molecule has 1 aliphatic carbocycles. The Morgan fingerprint density at radius 1 is 1.28 bits per heavy atom. The average Bonchev–Trinajstić information content (AvgIpc) is 3.00. The number of aromatic nitrogens is 1. The normalized spacial score (nSPS) is 34.2. The summed E-state index contributed by atoms with van der Waals surface area (Å²) in [4.78, 5) is 21.7. The fourth-order valence-corrected chi connectivity index (χ4v) is 5.49. The Balaban J connectivity index is 1.17. The molecule has 0 radical (unpaired) electrons. The molecule has 1 aromatic heterocycles. The third-order valence-corrected chi connectivity index (χ3v) is 7.16. The smallest absolute Gasteiger partial charge is 0.226 e. The van der Waals surface area contributed by atoms with Gasteiger partial charge in [0.05, 0.1) is 32.0 Å². The van der Waals surface area contributed by atoms with E-state index in [-0.39, 0.29) is 11.5 Å². The van der Waals surface area contributed by atoms with Gasteiger partial charge in [0.25, 0.3) is 0 Å². The summed E-state index contributed by atoms with van der Waals surface area (Å²) >= 11 is 1.72. The number of amides is 1. The molecule has 1 unspecified atom stereocenters. The third-order valence-electron chi connectivity index (χ3n) is 6.39. The van der Waals surface area contributed by atoms with E-state index in [1.54, 1.807) is 11.3 Å². The van der Waals surface area contributed by atoms with Crippen molar-refractivity contribution in [3.63, 3.8) is 0 Å². The minimum atomic E-state index is -0.0746. The van der Waals surface area contributed by atoms with E-state index in [2.05, 4.69) is 14.8 Å². The molecule has 0 bridgehead atoms. The van der Waals surface area contributed by atoms with E-state index in [0.29, 0.717) is 17.7 Å². The Labute approximate surface area is 152 Å². The van der Waals surface area contributed by atoms with E-state index in [9.17, 15) is 4.79 Å². The quantitative estimate of drug-likeness (QED) is 0.809. The van der Waals surface area contributed by atoms with Crippen LogP contribution in [0.5, 0.6) is 0 Å². The minimum absolute atomic E-state index is 0.0746. The fourth-order valence-electron chi connectivity index (χ4n) is 4.83. The number of morpholine rings is 1. The summed E-state index contributed by atoms with van der Waals surface area (Å²) in [6.45, 7) is 6.86. The first-order valence-corrected chi connectivity index (χ1v) is 10.2. The van der Waals surface area contributed by atoms with Crippen molar-refractivity contribution in [1.82, 2.24) is 14.8 Å². The van der Waals surface area contributed by atoms with Crippen LogP contribution in [0.4, 0.5) is 0 Å². The summed E-state index contributed by atoms with van der Waals surface area (Å²) in [5, 5.41) is 3.21. The van der Waals surface area contributed by atoms with Crippen molar-refractivity contribution in [3.05, 3.63) is 16.6 Å². The molecule has 1 amide bonds. The number of rotatable bonds is 3. The number of piperidine rings is 1. The lowest BCUT2D eigenvalue weighted by Crippen LogP contribution is -2.57. The van der Waals surface area contributed by atoms with Gasteiger partial charge in [-0.3, -0.25) is 9.69 Å². The lowest BCUT2D eigenvalue weighted by Gasteiger charge is -2.47. The molecule has 7 heteroatoms. The van der Waals surface area contributed by atoms with Gasteiger partial charge < -0.3 is 14.4 Å². The first-order chi connectivity index (χ1) is 12.2. The van der Waals surface area contributed by atoms with Gasteiger partial charge in [-0.25, -0.2) is 4.98 Å². The molecule has 1 aromatic rings. The molecule has 25 heavy (non-hydrogen) atoms. The van der Waals surface area contributed by atoms with Gasteiger partial charge in [0.1, 0.15) is 5.01 Å². The number of fused-ring (bicyclic) bond motifs is 1. The molecular formula is C18H25N3O3S. The maximum Gasteiger partial charge on any atom is 0.226 e. The van der Waals surface area contributed by atoms with Gasteiger partial charge in [-0.15, -0.1) is 11.3 Å². The maximum absolute atomic E-state index is 12.7. The largest absolute Gasteiger partial charge is 0.381 e. The monoisotopic (exact) mass is 363 g/mol. The van der Waals surface area contributed by atoms with Gasteiger partial charge in [-0.05, 0) is 24.7 Å². The first kappa shape index (κ1) is 16.2. The van der Waals surface area contributed by atoms with Crippen LogP contribution < -0.4 is 0 Å². The van der Waals surface area contributed by atoms with Gasteiger partial charge in [0.15, 0.2) is 0 Å². The molecule has 3 aliphatic heterocycles. The molecule has 136 valence electrons. The highest BCUT2D eigenvalue weighted by Crippen LogP contribution is 2.51. The van der Waals surface area contributed by atoms with Crippen molar-refractivity contribution in [2.45, 2.75) is 25.0 Å². The zero-order valence-corrected chi connectivity index (χ0v) is 15.2. The van der Waals surface area contributed by atoms with E-state index in [0.717, 1.165) is 65.4 Å². The van der Waals surface area contributed by atoms with Crippen molar-refractivity contribution in [2.24, 2.45) is 17.8 Å². The minimum Gasteiger partial charge on any atom is -0.381 e. The highest BCUT2D eigenvalue weighted by Gasteiger charge is 2.59. The van der Waals surface area contributed by atoms with Crippen molar-refractivity contribution in [2.75, 3.05) is 46.0 Å². The summed E-state index contributed by atoms with van der Waals surface area (Å²) in [5.74, 6) is 1.62. The third kappa shape index (κ3) is 3.01. The molecule has 4 heterocycles. The summed E-state index contributed by atoms with van der Waals surface area (Å²) in [5.41, 5.74) is -0.0746. The second-order valence-corrected chi connectivity index (χ2v) is 8.86. The van der Waals surface area contributed by atoms with E-state index < -0.39 is 0 Å². The van der Waals surface area contributed by atoms with E-state index in [1.165, 1.54) is 5.01 Å². The van der Waals surface area contributed by atoms with Gasteiger partial charge in [-0.1, -0.05) is 0 Å². The molecule has 1 spiro atoms. The van der Waals surface area contributed by atoms with Crippen LogP contribution in [0, 0.1) is 17.8 Å². The Hall–Kier alpha value is -1.02. The predicted octanol–water partition coefficient (Wildman–Crippen LogP) is 1.23. The Morgan fingerprint density at radius 2 is 2.08 bits per heavy atom. The van der Waals surface area contributed by atoms with Crippen LogP contribution in [0.2, 0.25) is 0 Å². The molecular weight excluding hydrogens is 338 g/mol. The van der Waals surface area contributed by atoms with Gasteiger partial charge in [0.2, 0.25) is 5.91 Å². The van der Waals surface area contributed by atoms with Gasteiger partial charge >= 0.3 is 0 Å². The van der Waals surface area contributed by atoms with E-state index in [4.69, 9.17) is 9.47 Å². The summed E-state index contributed by atoms with van der Waals surface area (Å²) in [6.07, 6.45) is 3.77. The van der Waals surface area contributed by atoms with Gasteiger partial charge in [-0.2, -0.15) is 0 Å². The second-order valence-electron chi connectivity index (χ2n) is 7.88. The summed E-state index contributed by atoms with van der Waals surface area (Å²) in [6, 6.07) is 0. The van der Waals surface area contributed by atoms with E-state index >= 15 is 0 Å². The summed E-state index contributed by atoms with van der Waals surface area (Å²) in [7, 11) is 0. The van der Waals surface area contributed by atoms with Crippen LogP contribution in [-0.4, -0.2) is 72.3 Å². The lowest BCUT2D eigenvalue weighted by molar-refractivity contribution is -0.153. The van der Waals surface area contributed by atoms with Gasteiger partial charge in [0, 0.05) is 43.7 Å². The molecule has 3 saturated heterocycles. The van der Waals surface area contributed by atoms with Crippen LogP contribution >= 0.6 is 11.3 Å². The second kappa shape index (κ2) is 6.30. The number of hydrogen-bond donors (Lipinski definition) is 0. The van der Waals surface area contributed by atoms with E-state index in [1.807, 2.05) is 11.6 Å².